The zero-order valence-electron chi connectivity index (χ0n) is 8.37. The van der Waals surface area contributed by atoms with E-state index in [9.17, 15) is 9.90 Å². The molecule has 1 aromatic rings. The molecule has 3 nitrogen and oxygen atoms in total. The van der Waals surface area contributed by atoms with Gasteiger partial charge in [-0.2, -0.15) is 0 Å². The van der Waals surface area contributed by atoms with Crippen LogP contribution in [0.2, 0.25) is 0 Å². The third-order valence-corrected chi connectivity index (χ3v) is 2.34. The minimum absolute atomic E-state index is 0.0148. The largest absolute Gasteiger partial charge is 0.507 e. The van der Waals surface area contributed by atoms with Crippen LogP contribution in [0, 0.1) is 0 Å². The number of hydrogen-bond acceptors (Lipinski definition) is 2. The third kappa shape index (κ3) is 1.71. The van der Waals surface area contributed by atoms with Crippen LogP contribution in [0.4, 0.5) is 0 Å². The second kappa shape index (κ2) is 4.13. The summed E-state index contributed by atoms with van der Waals surface area (Å²) in [5, 5.41) is 18.5. The minimum Gasteiger partial charge on any atom is -0.507 e. The van der Waals surface area contributed by atoms with E-state index in [2.05, 4.69) is 0 Å². The molecule has 76 valence electrons. The number of carboxylic acid groups (broad SMARTS) is 1. The number of carbonyl (C=O) groups is 1. The van der Waals surface area contributed by atoms with Gasteiger partial charge in [0.1, 0.15) is 11.3 Å². The van der Waals surface area contributed by atoms with E-state index in [4.69, 9.17) is 5.11 Å². The van der Waals surface area contributed by atoms with Gasteiger partial charge >= 0.3 is 5.97 Å². The Kier molecular flexibility index (Phi) is 3.12. The predicted octanol–water partition coefficient (Wildman–Crippen LogP) is 2.22. The van der Waals surface area contributed by atoms with Crippen LogP contribution in [0.15, 0.2) is 12.1 Å². The Hall–Kier alpha value is -1.51. The fourth-order valence-electron chi connectivity index (χ4n) is 1.58. The molecule has 14 heavy (non-hydrogen) atoms. The molecular weight excluding hydrogens is 180 g/mol. The van der Waals surface area contributed by atoms with Gasteiger partial charge in [-0.3, -0.25) is 0 Å². The molecule has 3 heteroatoms. The van der Waals surface area contributed by atoms with Crippen molar-refractivity contribution >= 4 is 5.97 Å². The highest BCUT2D eigenvalue weighted by Crippen LogP contribution is 2.27. The van der Waals surface area contributed by atoms with Crippen molar-refractivity contribution in [3.05, 3.63) is 28.8 Å². The molecule has 1 aromatic carbocycles. The monoisotopic (exact) mass is 194 g/mol. The van der Waals surface area contributed by atoms with Crippen LogP contribution in [0.5, 0.6) is 5.75 Å². The summed E-state index contributed by atoms with van der Waals surface area (Å²) in [6.45, 7) is 3.88. The summed E-state index contributed by atoms with van der Waals surface area (Å²) in [5.41, 5.74) is 1.74. The van der Waals surface area contributed by atoms with Gasteiger partial charge in [-0.15, -0.1) is 0 Å². The van der Waals surface area contributed by atoms with E-state index >= 15 is 0 Å². The van der Waals surface area contributed by atoms with Gasteiger partial charge in [0.2, 0.25) is 0 Å². The molecule has 0 amide bonds. The maximum absolute atomic E-state index is 10.7. The Balaban J connectivity index is 3.34. The van der Waals surface area contributed by atoms with Crippen LogP contribution in [0.3, 0.4) is 0 Å². The maximum atomic E-state index is 10.7. The molecule has 0 bridgehead atoms. The maximum Gasteiger partial charge on any atom is 0.339 e. The third-order valence-electron chi connectivity index (χ3n) is 2.34. The van der Waals surface area contributed by atoms with Gasteiger partial charge in [-0.1, -0.05) is 19.9 Å². The van der Waals surface area contributed by atoms with Crippen LogP contribution in [0.1, 0.15) is 35.3 Å². The molecule has 0 spiro atoms. The molecule has 0 saturated heterocycles. The Morgan fingerprint density at radius 2 is 1.93 bits per heavy atom. The van der Waals surface area contributed by atoms with Crippen molar-refractivity contribution in [1.29, 1.82) is 0 Å². The van der Waals surface area contributed by atoms with Crippen LogP contribution in [0.25, 0.3) is 0 Å². The standard InChI is InChI=1S/C11H14O3/c1-3-7-5-6-9(11(13)14)10(12)8(7)4-2/h5-6,12H,3-4H2,1-2H3,(H,13,14). The fourth-order valence-corrected chi connectivity index (χ4v) is 1.58. The Morgan fingerprint density at radius 1 is 1.29 bits per heavy atom. The summed E-state index contributed by atoms with van der Waals surface area (Å²) in [4.78, 5) is 10.7. The van der Waals surface area contributed by atoms with E-state index in [0.29, 0.717) is 6.42 Å². The van der Waals surface area contributed by atoms with Crippen LogP contribution < -0.4 is 0 Å². The molecule has 0 aliphatic rings. The van der Waals surface area contributed by atoms with Crippen LogP contribution in [-0.2, 0) is 12.8 Å². The first-order chi connectivity index (χ1) is 6.61. The molecule has 0 radical (unpaired) electrons. The van der Waals surface area contributed by atoms with Crippen LogP contribution in [-0.4, -0.2) is 16.2 Å². The quantitative estimate of drug-likeness (QED) is 0.775. The summed E-state index contributed by atoms with van der Waals surface area (Å²) in [6.07, 6.45) is 1.45. The number of aromatic carboxylic acids is 1. The van der Waals surface area contributed by atoms with Gasteiger partial charge in [-0.25, -0.2) is 4.79 Å². The summed E-state index contributed by atoms with van der Waals surface area (Å²) < 4.78 is 0. The number of phenols is 1. The number of rotatable bonds is 3. The van der Waals surface area contributed by atoms with E-state index < -0.39 is 5.97 Å². The first-order valence-corrected chi connectivity index (χ1v) is 4.68. The van der Waals surface area contributed by atoms with Gasteiger partial charge in [0.05, 0.1) is 0 Å². The highest BCUT2D eigenvalue weighted by molar-refractivity contribution is 5.91. The molecule has 0 aromatic heterocycles. The van der Waals surface area contributed by atoms with E-state index in [1.54, 1.807) is 6.07 Å². The van der Waals surface area contributed by atoms with Crippen molar-refractivity contribution in [1.82, 2.24) is 0 Å². The summed E-state index contributed by atoms with van der Waals surface area (Å²) >= 11 is 0. The highest BCUT2D eigenvalue weighted by atomic mass is 16.4. The van der Waals surface area contributed by atoms with E-state index in [1.807, 2.05) is 13.8 Å². The average Bonchev–Trinajstić information content (AvgIpc) is 2.16. The molecule has 0 atom stereocenters. The molecular formula is C11H14O3. The van der Waals surface area contributed by atoms with Gasteiger partial charge in [0.15, 0.2) is 0 Å². The first-order valence-electron chi connectivity index (χ1n) is 4.68. The van der Waals surface area contributed by atoms with Gasteiger partial charge in [0, 0.05) is 0 Å². The smallest absolute Gasteiger partial charge is 0.339 e. The van der Waals surface area contributed by atoms with Crippen molar-refractivity contribution in [2.45, 2.75) is 26.7 Å². The molecule has 2 N–H and O–H groups in total. The zero-order valence-corrected chi connectivity index (χ0v) is 8.37. The molecule has 0 fully saturated rings. The molecule has 0 saturated carbocycles. The number of aryl methyl sites for hydroxylation is 1. The molecule has 0 aliphatic heterocycles. The first kappa shape index (κ1) is 10.6. The summed E-state index contributed by atoms with van der Waals surface area (Å²) in [6, 6.07) is 3.22. The summed E-state index contributed by atoms with van der Waals surface area (Å²) in [5.74, 6) is -1.17. The molecule has 0 unspecified atom stereocenters. The number of hydrogen-bond donors (Lipinski definition) is 2. The van der Waals surface area contributed by atoms with Gasteiger partial charge < -0.3 is 10.2 Å². The van der Waals surface area contributed by atoms with Crippen LogP contribution >= 0.6 is 0 Å². The van der Waals surface area contributed by atoms with Gasteiger partial charge in [0.25, 0.3) is 0 Å². The normalized spacial score (nSPS) is 10.1. The lowest BCUT2D eigenvalue weighted by atomic mass is 9.98. The Bertz CT molecular complexity index is 356. The minimum atomic E-state index is -1.08. The average molecular weight is 194 g/mol. The zero-order chi connectivity index (χ0) is 10.7. The van der Waals surface area contributed by atoms with Crippen molar-refractivity contribution in [3.63, 3.8) is 0 Å². The second-order valence-corrected chi connectivity index (χ2v) is 3.11. The second-order valence-electron chi connectivity index (χ2n) is 3.11. The predicted molar refractivity (Wildman–Crippen MR) is 53.8 cm³/mol. The van der Waals surface area contributed by atoms with E-state index in [1.165, 1.54) is 6.07 Å². The lowest BCUT2D eigenvalue weighted by Gasteiger charge is -2.10. The van der Waals surface area contributed by atoms with Crippen molar-refractivity contribution in [2.24, 2.45) is 0 Å². The van der Waals surface area contributed by atoms with Crippen molar-refractivity contribution < 1.29 is 15.0 Å². The lowest BCUT2D eigenvalue weighted by molar-refractivity contribution is 0.0693. The fraction of sp³-hybridized carbons (Fsp3) is 0.364. The van der Waals surface area contributed by atoms with Crippen molar-refractivity contribution in [3.8, 4) is 5.75 Å². The Morgan fingerprint density at radius 3 is 2.36 bits per heavy atom. The number of aromatic hydroxyl groups is 1. The topological polar surface area (TPSA) is 57.5 Å². The number of carboxylic acids is 1. The SMILES string of the molecule is CCc1ccc(C(=O)O)c(O)c1CC. The Labute approximate surface area is 83.0 Å². The molecule has 1 rings (SSSR count). The highest BCUT2D eigenvalue weighted by Gasteiger charge is 2.14. The summed E-state index contributed by atoms with van der Waals surface area (Å²) in [7, 11) is 0. The van der Waals surface area contributed by atoms with Gasteiger partial charge in [-0.05, 0) is 30.0 Å². The molecule has 0 heterocycles. The number of benzene rings is 1. The van der Waals surface area contributed by atoms with E-state index in [-0.39, 0.29) is 11.3 Å². The lowest BCUT2D eigenvalue weighted by Crippen LogP contribution is -2.01. The van der Waals surface area contributed by atoms with Crippen molar-refractivity contribution in [2.75, 3.05) is 0 Å². The van der Waals surface area contributed by atoms with E-state index in [0.717, 1.165) is 17.5 Å². The molecule has 0 aliphatic carbocycles.